The number of rotatable bonds is 1. The fourth-order valence-corrected chi connectivity index (χ4v) is 1.66. The molecule has 0 bridgehead atoms. The molecule has 0 aliphatic heterocycles. The van der Waals surface area contributed by atoms with Crippen molar-refractivity contribution in [2.75, 3.05) is 7.11 Å². The van der Waals surface area contributed by atoms with Gasteiger partial charge in [-0.2, -0.15) is 0 Å². The van der Waals surface area contributed by atoms with Crippen LogP contribution in [0.4, 0.5) is 4.39 Å². The summed E-state index contributed by atoms with van der Waals surface area (Å²) in [6, 6.07) is 1.61. The molecule has 0 heterocycles. The molecule has 1 nitrogen and oxygen atoms in total. The van der Waals surface area contributed by atoms with Crippen molar-refractivity contribution in [3.8, 4) is 5.75 Å². The third-order valence-corrected chi connectivity index (χ3v) is 2.67. The molecule has 0 saturated heterocycles. The maximum absolute atomic E-state index is 13.3. The van der Waals surface area contributed by atoms with Gasteiger partial charge in [-0.15, -0.1) is 0 Å². The Morgan fingerprint density at radius 2 is 2.17 bits per heavy atom. The van der Waals surface area contributed by atoms with Gasteiger partial charge in [-0.25, -0.2) is 4.39 Å². The molecule has 66 valence electrons. The third kappa shape index (κ3) is 1.57. The predicted molar refractivity (Wildman–Crippen MR) is 50.4 cm³/mol. The lowest BCUT2D eigenvalue weighted by Crippen LogP contribution is -1.93. The van der Waals surface area contributed by atoms with Gasteiger partial charge in [-0.05, 0) is 13.0 Å². The van der Waals surface area contributed by atoms with Gasteiger partial charge in [0.1, 0.15) is 0 Å². The van der Waals surface area contributed by atoms with E-state index in [1.807, 2.05) is 0 Å². The standard InChI is InChI=1S/C8H7BrClFO/c1-4-5(9)3-6(10)8(12-2)7(4)11/h3H,1-2H3. The number of halogens is 3. The summed E-state index contributed by atoms with van der Waals surface area (Å²) in [5.74, 6) is -0.325. The molecule has 0 aromatic heterocycles. The van der Waals surface area contributed by atoms with Gasteiger partial charge in [0, 0.05) is 10.0 Å². The smallest absolute Gasteiger partial charge is 0.173 e. The normalized spacial score (nSPS) is 10.1. The van der Waals surface area contributed by atoms with Gasteiger partial charge in [0.2, 0.25) is 0 Å². The van der Waals surface area contributed by atoms with Crippen LogP contribution in [-0.4, -0.2) is 7.11 Å². The summed E-state index contributed by atoms with van der Waals surface area (Å²) >= 11 is 8.89. The molecule has 0 spiro atoms. The lowest BCUT2D eigenvalue weighted by atomic mass is 10.2. The van der Waals surface area contributed by atoms with Crippen molar-refractivity contribution < 1.29 is 9.13 Å². The van der Waals surface area contributed by atoms with Gasteiger partial charge in [0.05, 0.1) is 12.1 Å². The van der Waals surface area contributed by atoms with Crippen molar-refractivity contribution in [1.82, 2.24) is 0 Å². The van der Waals surface area contributed by atoms with Crippen LogP contribution < -0.4 is 4.74 Å². The van der Waals surface area contributed by atoms with Crippen LogP contribution in [0.1, 0.15) is 5.56 Å². The topological polar surface area (TPSA) is 9.23 Å². The first-order chi connectivity index (χ1) is 5.57. The fourth-order valence-electron chi connectivity index (χ4n) is 0.852. The van der Waals surface area contributed by atoms with Crippen LogP contribution in [0.25, 0.3) is 0 Å². The van der Waals surface area contributed by atoms with Crippen LogP contribution in [0.2, 0.25) is 5.02 Å². The zero-order valence-electron chi connectivity index (χ0n) is 6.62. The Labute approximate surface area is 83.6 Å². The number of hydrogen-bond donors (Lipinski definition) is 0. The molecule has 0 aliphatic rings. The molecular weight excluding hydrogens is 246 g/mol. The fraction of sp³-hybridized carbons (Fsp3) is 0.250. The highest BCUT2D eigenvalue weighted by molar-refractivity contribution is 9.10. The summed E-state index contributed by atoms with van der Waals surface area (Å²) < 4.78 is 18.7. The van der Waals surface area contributed by atoms with E-state index in [4.69, 9.17) is 16.3 Å². The second-order valence-electron chi connectivity index (χ2n) is 2.31. The molecule has 0 atom stereocenters. The Morgan fingerprint density at radius 3 is 2.67 bits per heavy atom. The minimum absolute atomic E-state index is 0.0948. The van der Waals surface area contributed by atoms with Crippen LogP contribution in [0.15, 0.2) is 10.5 Å². The molecule has 0 aliphatic carbocycles. The van der Waals surface area contributed by atoms with E-state index in [-0.39, 0.29) is 10.8 Å². The monoisotopic (exact) mass is 252 g/mol. The van der Waals surface area contributed by atoms with Gasteiger partial charge < -0.3 is 4.74 Å². The Morgan fingerprint density at radius 1 is 1.58 bits per heavy atom. The van der Waals surface area contributed by atoms with E-state index in [1.54, 1.807) is 13.0 Å². The van der Waals surface area contributed by atoms with Crippen LogP contribution in [0.5, 0.6) is 5.75 Å². The van der Waals surface area contributed by atoms with Crippen molar-refractivity contribution in [1.29, 1.82) is 0 Å². The van der Waals surface area contributed by atoms with Crippen molar-refractivity contribution in [2.24, 2.45) is 0 Å². The zero-order valence-corrected chi connectivity index (χ0v) is 8.96. The Kier molecular flexibility index (Phi) is 2.96. The van der Waals surface area contributed by atoms with Crippen molar-refractivity contribution in [2.45, 2.75) is 6.92 Å². The quantitative estimate of drug-likeness (QED) is 0.743. The molecule has 0 saturated carbocycles. The first-order valence-electron chi connectivity index (χ1n) is 3.26. The first kappa shape index (κ1) is 9.81. The average molecular weight is 253 g/mol. The maximum Gasteiger partial charge on any atom is 0.173 e. The van der Waals surface area contributed by atoms with Gasteiger partial charge in [-0.3, -0.25) is 0 Å². The lowest BCUT2D eigenvalue weighted by Gasteiger charge is -2.07. The van der Waals surface area contributed by atoms with Crippen LogP contribution in [0, 0.1) is 12.7 Å². The molecule has 0 amide bonds. The van der Waals surface area contributed by atoms with Crippen LogP contribution >= 0.6 is 27.5 Å². The second-order valence-corrected chi connectivity index (χ2v) is 3.57. The molecule has 1 aromatic rings. The van der Waals surface area contributed by atoms with Crippen LogP contribution in [-0.2, 0) is 0 Å². The molecule has 0 radical (unpaired) electrons. The third-order valence-electron chi connectivity index (χ3n) is 1.56. The molecule has 0 fully saturated rings. The summed E-state index contributed by atoms with van der Waals surface area (Å²) in [6.45, 7) is 1.65. The maximum atomic E-state index is 13.3. The molecular formula is C8H7BrClFO. The van der Waals surface area contributed by atoms with E-state index in [9.17, 15) is 4.39 Å². The Bertz CT molecular complexity index is 314. The molecule has 0 N–H and O–H groups in total. The van der Waals surface area contributed by atoms with Gasteiger partial charge >= 0.3 is 0 Å². The van der Waals surface area contributed by atoms with Gasteiger partial charge in [0.15, 0.2) is 11.6 Å². The largest absolute Gasteiger partial charge is 0.492 e. The van der Waals surface area contributed by atoms with E-state index in [1.165, 1.54) is 7.11 Å². The lowest BCUT2D eigenvalue weighted by molar-refractivity contribution is 0.385. The summed E-state index contributed by atoms with van der Waals surface area (Å²) in [4.78, 5) is 0. The highest BCUT2D eigenvalue weighted by Gasteiger charge is 2.13. The van der Waals surface area contributed by atoms with Crippen LogP contribution in [0.3, 0.4) is 0 Å². The molecule has 1 rings (SSSR count). The number of methoxy groups -OCH3 is 1. The summed E-state index contributed by atoms with van der Waals surface area (Å²) in [7, 11) is 1.39. The minimum Gasteiger partial charge on any atom is -0.492 e. The van der Waals surface area contributed by atoms with Crippen molar-refractivity contribution in [3.05, 3.63) is 26.9 Å². The van der Waals surface area contributed by atoms with Gasteiger partial charge in [-0.1, -0.05) is 27.5 Å². The highest BCUT2D eigenvalue weighted by atomic mass is 79.9. The minimum atomic E-state index is -0.420. The van der Waals surface area contributed by atoms with E-state index in [0.717, 1.165) is 0 Å². The number of benzene rings is 1. The number of hydrogen-bond acceptors (Lipinski definition) is 1. The summed E-state index contributed by atoms with van der Waals surface area (Å²) in [5.41, 5.74) is 0.497. The summed E-state index contributed by atoms with van der Waals surface area (Å²) in [5, 5.41) is 0.271. The average Bonchev–Trinajstić information content (AvgIpc) is 2.01. The number of ether oxygens (including phenoxy) is 1. The molecule has 12 heavy (non-hydrogen) atoms. The Balaban J connectivity index is 3.40. The van der Waals surface area contributed by atoms with E-state index < -0.39 is 5.82 Å². The zero-order chi connectivity index (χ0) is 9.30. The molecule has 1 aromatic carbocycles. The van der Waals surface area contributed by atoms with E-state index >= 15 is 0 Å². The summed E-state index contributed by atoms with van der Waals surface area (Å²) in [6.07, 6.45) is 0. The first-order valence-corrected chi connectivity index (χ1v) is 4.43. The second kappa shape index (κ2) is 3.62. The van der Waals surface area contributed by atoms with Gasteiger partial charge in [0.25, 0.3) is 0 Å². The van der Waals surface area contributed by atoms with Crippen molar-refractivity contribution >= 4 is 27.5 Å². The predicted octanol–water partition coefficient (Wildman–Crippen LogP) is 3.56. The van der Waals surface area contributed by atoms with Crippen molar-refractivity contribution in [3.63, 3.8) is 0 Å². The van der Waals surface area contributed by atoms with E-state index in [2.05, 4.69) is 15.9 Å². The molecule has 0 unspecified atom stereocenters. The Hall–Kier alpha value is -0.280. The molecule has 4 heteroatoms. The highest BCUT2D eigenvalue weighted by Crippen LogP contribution is 2.34. The van der Waals surface area contributed by atoms with E-state index in [0.29, 0.717) is 10.0 Å². The SMILES string of the molecule is COc1c(Cl)cc(Br)c(C)c1F.